The quantitative estimate of drug-likeness (QED) is 0.334. The van der Waals surface area contributed by atoms with E-state index in [-0.39, 0.29) is 0 Å². The second kappa shape index (κ2) is 7.34. The minimum Gasteiger partial charge on any atom is -0.496 e. The van der Waals surface area contributed by atoms with Crippen molar-refractivity contribution in [3.63, 3.8) is 0 Å². The molecule has 0 saturated heterocycles. The van der Waals surface area contributed by atoms with Crippen molar-refractivity contribution >= 4 is 34.0 Å². The molecule has 5 aromatic rings. The van der Waals surface area contributed by atoms with Crippen LogP contribution in [0.3, 0.4) is 0 Å². The third kappa shape index (κ3) is 2.91. The van der Waals surface area contributed by atoms with Crippen molar-refractivity contribution in [1.82, 2.24) is 9.13 Å². The first-order chi connectivity index (χ1) is 15.7. The number of ether oxygens (including phenoxy) is 2. The average molecular weight is 421 g/mol. The third-order valence-corrected chi connectivity index (χ3v) is 6.45. The topological polar surface area (TPSA) is 28.3 Å². The average Bonchev–Trinajstić information content (AvgIpc) is 3.35. The van der Waals surface area contributed by atoms with Crippen LogP contribution in [-0.2, 0) is 13.1 Å². The molecule has 0 saturated carbocycles. The van der Waals surface area contributed by atoms with Gasteiger partial charge in [0.15, 0.2) is 0 Å². The fraction of sp³-hybridized carbons (Fsp3) is 0.143. The highest BCUT2D eigenvalue weighted by atomic mass is 16.5. The SMILES string of the molecule is COc1cc2c(OC)cc1Cn1c(cc3ccccc31)/C=C\c1cc3ccccc3n1C2. The third-order valence-electron chi connectivity index (χ3n) is 6.45. The lowest BCUT2D eigenvalue weighted by Gasteiger charge is -2.19. The van der Waals surface area contributed by atoms with Gasteiger partial charge >= 0.3 is 0 Å². The maximum Gasteiger partial charge on any atom is 0.124 e. The largest absolute Gasteiger partial charge is 0.496 e. The van der Waals surface area contributed by atoms with Crippen molar-refractivity contribution in [2.24, 2.45) is 0 Å². The van der Waals surface area contributed by atoms with Crippen molar-refractivity contribution < 1.29 is 9.47 Å². The Morgan fingerprint density at radius 2 is 1.03 bits per heavy atom. The Hall–Kier alpha value is -3.92. The highest BCUT2D eigenvalue weighted by molar-refractivity contribution is 5.88. The van der Waals surface area contributed by atoms with E-state index < -0.39 is 0 Å². The Morgan fingerprint density at radius 3 is 1.47 bits per heavy atom. The normalized spacial score (nSPS) is 13.9. The van der Waals surface area contributed by atoms with Crippen LogP contribution in [0.1, 0.15) is 22.5 Å². The first-order valence-corrected chi connectivity index (χ1v) is 10.8. The van der Waals surface area contributed by atoms with Crippen LogP contribution in [0.15, 0.2) is 72.8 Å². The summed E-state index contributed by atoms with van der Waals surface area (Å²) in [5, 5.41) is 2.45. The molecule has 4 nitrogen and oxygen atoms in total. The molecule has 0 unspecified atom stereocenters. The molecule has 2 bridgehead atoms. The lowest BCUT2D eigenvalue weighted by molar-refractivity contribution is 0.393. The molecule has 3 aromatic carbocycles. The standard InChI is InChI=1S/C28H24N2O2/c1-31-27-15-22-18-30-24(14-20-8-4-6-10-26(20)30)12-11-23-13-19-7-3-5-9-25(19)29(23)17-21(27)16-28(22)32-2/h3-16H,17-18H2,1-2H3/b12-11-. The molecule has 4 heteroatoms. The summed E-state index contributed by atoms with van der Waals surface area (Å²) in [5.74, 6) is 1.76. The number of methoxy groups -OCH3 is 2. The number of hydrogen-bond acceptors (Lipinski definition) is 2. The zero-order chi connectivity index (χ0) is 21.7. The smallest absolute Gasteiger partial charge is 0.124 e. The molecule has 32 heavy (non-hydrogen) atoms. The number of benzene rings is 3. The first kappa shape index (κ1) is 18.8. The Kier molecular flexibility index (Phi) is 4.32. The van der Waals surface area contributed by atoms with Crippen molar-refractivity contribution in [1.29, 1.82) is 0 Å². The Bertz CT molecular complexity index is 1390. The van der Waals surface area contributed by atoms with Crippen LogP contribution in [0.4, 0.5) is 0 Å². The van der Waals surface area contributed by atoms with E-state index in [0.717, 1.165) is 34.0 Å². The molecule has 0 radical (unpaired) electrons. The zero-order valence-corrected chi connectivity index (χ0v) is 18.2. The van der Waals surface area contributed by atoms with E-state index >= 15 is 0 Å². The van der Waals surface area contributed by atoms with E-state index in [1.807, 2.05) is 0 Å². The van der Waals surface area contributed by atoms with Gasteiger partial charge in [0, 0.05) is 44.3 Å². The molecule has 0 N–H and O–H groups in total. The van der Waals surface area contributed by atoms with Gasteiger partial charge in [0.1, 0.15) is 11.5 Å². The molecule has 7 rings (SSSR count). The van der Waals surface area contributed by atoms with Crippen molar-refractivity contribution in [3.05, 3.63) is 95.3 Å². The minimum atomic E-state index is 0.704. The zero-order valence-electron chi connectivity index (χ0n) is 18.2. The molecule has 0 atom stereocenters. The molecule has 0 spiro atoms. The molecular formula is C28H24N2O2. The van der Waals surface area contributed by atoms with Crippen molar-refractivity contribution in [2.45, 2.75) is 13.1 Å². The lowest BCUT2D eigenvalue weighted by atomic mass is 10.1. The van der Waals surface area contributed by atoms with E-state index in [4.69, 9.17) is 9.47 Å². The number of nitrogens with zero attached hydrogens (tertiary/aromatic N) is 2. The lowest BCUT2D eigenvalue weighted by Crippen LogP contribution is -2.08. The van der Waals surface area contributed by atoms with Crippen LogP contribution < -0.4 is 9.47 Å². The van der Waals surface area contributed by atoms with Crippen LogP contribution in [-0.4, -0.2) is 23.4 Å². The maximum absolute atomic E-state index is 5.84. The van der Waals surface area contributed by atoms with E-state index in [1.165, 1.54) is 21.8 Å². The van der Waals surface area contributed by atoms with Crippen LogP contribution in [0, 0.1) is 0 Å². The monoisotopic (exact) mass is 420 g/mol. The van der Waals surface area contributed by atoms with E-state index in [2.05, 4.69) is 94.1 Å². The molecule has 158 valence electrons. The Morgan fingerprint density at radius 1 is 0.594 bits per heavy atom. The summed E-state index contributed by atoms with van der Waals surface area (Å²) in [5.41, 5.74) is 6.93. The number of fused-ring (bicyclic) bond motifs is 4. The summed E-state index contributed by atoms with van der Waals surface area (Å²) < 4.78 is 16.4. The minimum absolute atomic E-state index is 0.704. The van der Waals surface area contributed by atoms with Gasteiger partial charge in [-0.15, -0.1) is 0 Å². The van der Waals surface area contributed by atoms with E-state index in [1.54, 1.807) is 14.2 Å². The van der Waals surface area contributed by atoms with Gasteiger partial charge in [-0.05, 0) is 48.6 Å². The summed E-state index contributed by atoms with van der Waals surface area (Å²) in [4.78, 5) is 0. The summed E-state index contributed by atoms with van der Waals surface area (Å²) in [6.07, 6.45) is 4.45. The van der Waals surface area contributed by atoms with Gasteiger partial charge in [0.25, 0.3) is 0 Å². The fourth-order valence-electron chi connectivity index (χ4n) is 4.88. The summed E-state index contributed by atoms with van der Waals surface area (Å²) in [7, 11) is 3.48. The summed E-state index contributed by atoms with van der Waals surface area (Å²) in [6.45, 7) is 1.41. The first-order valence-electron chi connectivity index (χ1n) is 10.8. The van der Waals surface area contributed by atoms with E-state index in [0.29, 0.717) is 13.1 Å². The van der Waals surface area contributed by atoms with Crippen LogP contribution in [0.25, 0.3) is 34.0 Å². The molecule has 0 fully saturated rings. The van der Waals surface area contributed by atoms with Gasteiger partial charge < -0.3 is 18.6 Å². The highest BCUT2D eigenvalue weighted by Gasteiger charge is 2.17. The van der Waals surface area contributed by atoms with Gasteiger partial charge in [0.2, 0.25) is 0 Å². The molecule has 2 aliphatic rings. The van der Waals surface area contributed by atoms with Crippen LogP contribution in [0.2, 0.25) is 0 Å². The van der Waals surface area contributed by atoms with Gasteiger partial charge in [-0.3, -0.25) is 0 Å². The van der Waals surface area contributed by atoms with Crippen molar-refractivity contribution in [3.8, 4) is 11.5 Å². The fourth-order valence-corrected chi connectivity index (χ4v) is 4.88. The molecule has 4 heterocycles. The predicted molar refractivity (Wildman–Crippen MR) is 131 cm³/mol. The molecule has 2 aromatic heterocycles. The molecule has 2 aliphatic heterocycles. The van der Waals surface area contributed by atoms with Gasteiger partial charge in [0.05, 0.1) is 27.3 Å². The van der Waals surface area contributed by atoms with Gasteiger partial charge in [-0.1, -0.05) is 36.4 Å². The number of hydrogen-bond donors (Lipinski definition) is 0. The molecular weight excluding hydrogens is 396 g/mol. The molecule has 0 amide bonds. The van der Waals surface area contributed by atoms with Crippen molar-refractivity contribution in [2.75, 3.05) is 14.2 Å². The van der Waals surface area contributed by atoms with Crippen LogP contribution in [0.5, 0.6) is 11.5 Å². The second-order valence-corrected chi connectivity index (χ2v) is 8.24. The number of aromatic nitrogens is 2. The van der Waals surface area contributed by atoms with Crippen LogP contribution >= 0.6 is 0 Å². The Balaban J connectivity index is 1.69. The second-order valence-electron chi connectivity index (χ2n) is 8.24. The summed E-state index contributed by atoms with van der Waals surface area (Å²) >= 11 is 0. The van der Waals surface area contributed by atoms with E-state index in [9.17, 15) is 0 Å². The summed E-state index contributed by atoms with van der Waals surface area (Å²) in [6, 6.07) is 25.8. The number of rotatable bonds is 2. The molecule has 0 aliphatic carbocycles. The van der Waals surface area contributed by atoms with Gasteiger partial charge in [-0.2, -0.15) is 0 Å². The maximum atomic E-state index is 5.84. The number of para-hydroxylation sites is 2. The highest BCUT2D eigenvalue weighted by Crippen LogP contribution is 2.34. The predicted octanol–water partition coefficient (Wildman–Crippen LogP) is 6.19. The Labute approximate surface area is 186 Å². The van der Waals surface area contributed by atoms with Gasteiger partial charge in [-0.25, -0.2) is 0 Å².